The van der Waals surface area contributed by atoms with Gasteiger partial charge in [0.15, 0.2) is 0 Å². The highest BCUT2D eigenvalue weighted by molar-refractivity contribution is 5.68. The zero-order chi connectivity index (χ0) is 6.20. The summed E-state index contributed by atoms with van der Waals surface area (Å²) in [4.78, 5) is 9.94. The Bertz CT molecular complexity index is 121. The number of nitrogens with one attached hydrogen (secondary N) is 2. The summed E-state index contributed by atoms with van der Waals surface area (Å²) >= 11 is 0. The molecule has 6 heteroatoms. The molecule has 0 aromatic carbocycles. The quantitative estimate of drug-likeness (QED) is 0.273. The molecule has 0 aromatic heterocycles. The first-order valence-corrected chi connectivity index (χ1v) is 1.81. The number of ether oxygens (including phenoxy) is 1. The molecule has 0 radical (unpaired) electrons. The second-order valence-corrected chi connectivity index (χ2v) is 1.25. The Morgan fingerprint density at radius 3 is 2.38 bits per heavy atom. The lowest BCUT2D eigenvalue weighted by molar-refractivity contribution is -0.308. The molecule has 1 heterocycles. The van der Waals surface area contributed by atoms with Crippen LogP contribution in [0.5, 0.6) is 0 Å². The minimum absolute atomic E-state index is 0.921. The summed E-state index contributed by atoms with van der Waals surface area (Å²) < 4.78 is 3.80. The molecule has 46 valence electrons. The van der Waals surface area contributed by atoms with E-state index in [-0.39, 0.29) is 0 Å². The lowest BCUT2D eigenvalue weighted by Crippen LogP contribution is -2.44. The number of carbonyl (C=O) groups is 1. The van der Waals surface area contributed by atoms with Gasteiger partial charge in [-0.2, -0.15) is 0 Å². The second kappa shape index (κ2) is 1.31. The summed E-state index contributed by atoms with van der Waals surface area (Å²) in [6.07, 6.45) is -3.47. The van der Waals surface area contributed by atoms with Gasteiger partial charge in [0.05, 0.1) is 0 Å². The van der Waals surface area contributed by atoms with E-state index in [1.807, 2.05) is 0 Å². The van der Waals surface area contributed by atoms with E-state index < -0.39 is 12.2 Å². The Morgan fingerprint density at radius 2 is 2.25 bits per heavy atom. The number of amides is 1. The van der Waals surface area contributed by atoms with Crippen LogP contribution in [-0.4, -0.2) is 22.4 Å². The third-order valence-corrected chi connectivity index (χ3v) is 0.562. The number of aliphatic hydroxyl groups is 2. The molecule has 0 saturated carbocycles. The van der Waals surface area contributed by atoms with Gasteiger partial charge in [-0.25, -0.2) is 10.2 Å². The van der Waals surface area contributed by atoms with E-state index in [0.29, 0.717) is 0 Å². The predicted octanol–water partition coefficient (Wildman–Crippen LogP) is -2.17. The molecule has 8 heavy (non-hydrogen) atoms. The van der Waals surface area contributed by atoms with E-state index in [1.165, 1.54) is 0 Å². The van der Waals surface area contributed by atoms with Crippen LogP contribution < -0.4 is 10.9 Å². The van der Waals surface area contributed by atoms with Gasteiger partial charge >= 0.3 is 12.2 Å². The normalized spacial score (nSPS) is 24.5. The first-order chi connectivity index (χ1) is 3.60. The summed E-state index contributed by atoms with van der Waals surface area (Å²) in [7, 11) is 0. The van der Waals surface area contributed by atoms with E-state index in [9.17, 15) is 4.79 Å². The first-order valence-electron chi connectivity index (χ1n) is 1.81. The van der Waals surface area contributed by atoms with Gasteiger partial charge in [-0.05, 0) is 0 Å². The van der Waals surface area contributed by atoms with Gasteiger partial charge in [-0.15, -0.1) is 5.43 Å². The number of hydrogen-bond donors (Lipinski definition) is 4. The van der Waals surface area contributed by atoms with Crippen molar-refractivity contribution in [1.29, 1.82) is 0 Å². The topological polar surface area (TPSA) is 90.8 Å². The highest BCUT2D eigenvalue weighted by atomic mass is 16.8. The molecule has 0 aliphatic carbocycles. The molecule has 0 bridgehead atoms. The molecule has 0 spiro atoms. The Balaban J connectivity index is 2.56. The fraction of sp³-hybridized carbons (Fsp3) is 0.500. The van der Waals surface area contributed by atoms with Gasteiger partial charge in [0.25, 0.3) is 0 Å². The van der Waals surface area contributed by atoms with Crippen molar-refractivity contribution in [2.45, 2.75) is 6.10 Å². The minimum atomic E-state index is -2.54. The predicted molar refractivity (Wildman–Crippen MR) is 19.9 cm³/mol. The van der Waals surface area contributed by atoms with Crippen LogP contribution in [0.4, 0.5) is 4.79 Å². The van der Waals surface area contributed by atoms with Crippen molar-refractivity contribution in [3.63, 3.8) is 0 Å². The lowest BCUT2D eigenvalue weighted by Gasteiger charge is -2.07. The van der Waals surface area contributed by atoms with Crippen LogP contribution >= 0.6 is 0 Å². The Kier molecular flexibility index (Phi) is 0.868. The Hall–Kier alpha value is -0.850. The van der Waals surface area contributed by atoms with Gasteiger partial charge in [-0.1, -0.05) is 0 Å². The molecule has 0 atom stereocenters. The number of rotatable bonds is 0. The smallest absolute Gasteiger partial charge is 0.376 e. The number of cyclic esters (lactones) is 1. The van der Waals surface area contributed by atoms with Crippen molar-refractivity contribution < 1.29 is 19.7 Å². The van der Waals surface area contributed by atoms with Crippen molar-refractivity contribution in [2.24, 2.45) is 0 Å². The standard InChI is InChI=1S/C2H4N2O4/c5-1-3-4-2(6,7)8-1/h4,6-7H,(H,3,5). The van der Waals surface area contributed by atoms with E-state index in [2.05, 4.69) is 4.74 Å². The molecule has 4 N–H and O–H groups in total. The van der Waals surface area contributed by atoms with Gasteiger partial charge in [0.2, 0.25) is 0 Å². The van der Waals surface area contributed by atoms with Crippen LogP contribution in [-0.2, 0) is 4.74 Å². The highest BCUT2D eigenvalue weighted by Crippen LogP contribution is 2.00. The third-order valence-electron chi connectivity index (χ3n) is 0.562. The monoisotopic (exact) mass is 120 g/mol. The van der Waals surface area contributed by atoms with Crippen LogP contribution in [0.1, 0.15) is 0 Å². The van der Waals surface area contributed by atoms with E-state index in [0.717, 1.165) is 0 Å². The average molecular weight is 120 g/mol. The van der Waals surface area contributed by atoms with Crippen molar-refractivity contribution >= 4 is 6.09 Å². The van der Waals surface area contributed by atoms with Crippen molar-refractivity contribution in [1.82, 2.24) is 10.9 Å². The van der Waals surface area contributed by atoms with Gasteiger partial charge in [0.1, 0.15) is 0 Å². The molecule has 0 aromatic rings. The first kappa shape index (κ1) is 5.29. The maximum atomic E-state index is 9.94. The van der Waals surface area contributed by atoms with Crippen LogP contribution in [0, 0.1) is 0 Å². The SMILES string of the molecule is O=C1NNC(O)(O)O1. The van der Waals surface area contributed by atoms with E-state index in [1.54, 1.807) is 10.9 Å². The third kappa shape index (κ3) is 0.861. The van der Waals surface area contributed by atoms with Crippen LogP contribution in [0.25, 0.3) is 0 Å². The fourth-order valence-corrected chi connectivity index (χ4v) is 0.313. The van der Waals surface area contributed by atoms with Crippen LogP contribution in [0.3, 0.4) is 0 Å². The summed E-state index contributed by atoms with van der Waals surface area (Å²) in [5.74, 6) is 0. The molecule has 6 nitrogen and oxygen atoms in total. The largest absolute Gasteiger partial charge is 0.427 e. The van der Waals surface area contributed by atoms with Gasteiger partial charge in [0, 0.05) is 0 Å². The molecular weight excluding hydrogens is 116 g/mol. The minimum Gasteiger partial charge on any atom is -0.376 e. The molecule has 1 fully saturated rings. The average Bonchev–Trinajstić information content (AvgIpc) is 1.82. The Labute approximate surface area is 44.0 Å². The number of hydrazine groups is 1. The van der Waals surface area contributed by atoms with Gasteiger partial charge in [-0.3, -0.25) is 0 Å². The lowest BCUT2D eigenvalue weighted by atomic mass is 11.0. The van der Waals surface area contributed by atoms with Crippen LogP contribution in [0.2, 0.25) is 0 Å². The number of carbonyl (C=O) groups excluding carboxylic acids is 1. The highest BCUT2D eigenvalue weighted by Gasteiger charge is 2.35. The maximum Gasteiger partial charge on any atom is 0.427 e. The molecule has 1 aliphatic heterocycles. The summed E-state index contributed by atoms with van der Waals surface area (Å²) in [6, 6.07) is 0. The van der Waals surface area contributed by atoms with E-state index in [4.69, 9.17) is 10.2 Å². The zero-order valence-corrected chi connectivity index (χ0v) is 3.71. The molecule has 1 amide bonds. The Morgan fingerprint density at radius 1 is 1.62 bits per heavy atom. The van der Waals surface area contributed by atoms with Crippen molar-refractivity contribution in [3.05, 3.63) is 0 Å². The van der Waals surface area contributed by atoms with Crippen molar-refractivity contribution in [2.75, 3.05) is 0 Å². The fourth-order valence-electron chi connectivity index (χ4n) is 0.313. The molecule has 1 saturated heterocycles. The maximum absolute atomic E-state index is 9.94. The summed E-state index contributed by atoms with van der Waals surface area (Å²) in [5.41, 5.74) is 3.53. The van der Waals surface area contributed by atoms with E-state index >= 15 is 0 Å². The van der Waals surface area contributed by atoms with Gasteiger partial charge < -0.3 is 14.9 Å². The van der Waals surface area contributed by atoms with Crippen LogP contribution in [0.15, 0.2) is 0 Å². The summed E-state index contributed by atoms with van der Waals surface area (Å²) in [6.45, 7) is 0. The summed E-state index contributed by atoms with van der Waals surface area (Å²) in [5, 5.41) is 16.6. The molecule has 0 unspecified atom stereocenters. The number of hydrogen-bond acceptors (Lipinski definition) is 5. The van der Waals surface area contributed by atoms with Crippen molar-refractivity contribution in [3.8, 4) is 0 Å². The second-order valence-electron chi connectivity index (χ2n) is 1.25. The molecular formula is C2H4N2O4. The zero-order valence-electron chi connectivity index (χ0n) is 3.71. The molecule has 1 aliphatic rings. The molecule has 1 rings (SSSR count).